The van der Waals surface area contributed by atoms with Crippen molar-refractivity contribution in [1.82, 2.24) is 0 Å². The molecule has 0 saturated heterocycles. The van der Waals surface area contributed by atoms with Gasteiger partial charge in [0, 0.05) is 17.3 Å². The Morgan fingerprint density at radius 3 is 2.55 bits per heavy atom. The maximum Gasteiger partial charge on any atom is 0.167 e. The highest BCUT2D eigenvalue weighted by atomic mass is 35.5. The number of benzene rings is 2. The Balaban J connectivity index is 2.01. The topological polar surface area (TPSA) is 35.2 Å². The molecule has 1 aliphatic carbocycles. The van der Waals surface area contributed by atoms with E-state index < -0.39 is 17.2 Å². The number of allylic oxidation sites excluding steroid dienone is 1. The maximum absolute atomic E-state index is 14.0. The molecule has 0 spiro atoms. The van der Waals surface area contributed by atoms with Crippen molar-refractivity contribution in [2.75, 3.05) is 5.73 Å². The van der Waals surface area contributed by atoms with Crippen molar-refractivity contribution in [3.63, 3.8) is 0 Å². The van der Waals surface area contributed by atoms with Crippen LogP contribution in [0.2, 0.25) is 5.02 Å². The van der Waals surface area contributed by atoms with Gasteiger partial charge in [0.25, 0.3) is 0 Å². The molecule has 2 N–H and O–H groups in total. The second kappa shape index (κ2) is 5.61. The minimum Gasteiger partial charge on any atom is -0.475 e. The summed E-state index contributed by atoms with van der Waals surface area (Å²) in [5.41, 5.74) is 5.56. The van der Waals surface area contributed by atoms with Gasteiger partial charge in [0.2, 0.25) is 0 Å². The molecule has 2 nitrogen and oxygen atoms in total. The van der Waals surface area contributed by atoms with E-state index in [1.165, 1.54) is 24.3 Å². The lowest BCUT2D eigenvalue weighted by molar-refractivity contribution is 0.112. The van der Waals surface area contributed by atoms with E-state index in [2.05, 4.69) is 0 Å². The second-order valence-electron chi connectivity index (χ2n) is 5.25. The summed E-state index contributed by atoms with van der Waals surface area (Å²) in [6.07, 6.45) is 5.12. The third kappa shape index (κ3) is 2.66. The standard InChI is InChI=1S/C17H14ClF2NO/c18-13-5-3-11(9-14(13)19)17(7-1-2-8-17)22-16-6-4-12(21)10-15(16)20/h1,3-7,9-10H,2,8,21H2. The number of hydrogen-bond donors (Lipinski definition) is 1. The van der Waals surface area contributed by atoms with Crippen molar-refractivity contribution in [2.24, 2.45) is 0 Å². The summed E-state index contributed by atoms with van der Waals surface area (Å²) in [6.45, 7) is 0. The summed E-state index contributed by atoms with van der Waals surface area (Å²) in [7, 11) is 0. The Morgan fingerprint density at radius 1 is 1.09 bits per heavy atom. The smallest absolute Gasteiger partial charge is 0.167 e. The van der Waals surface area contributed by atoms with E-state index in [1.54, 1.807) is 12.1 Å². The molecule has 0 aromatic heterocycles. The molecule has 2 aromatic rings. The highest BCUT2D eigenvalue weighted by molar-refractivity contribution is 6.30. The van der Waals surface area contributed by atoms with Crippen LogP contribution in [0.15, 0.2) is 48.6 Å². The van der Waals surface area contributed by atoms with Gasteiger partial charge in [0.1, 0.15) is 5.82 Å². The number of hydrogen-bond acceptors (Lipinski definition) is 2. The quantitative estimate of drug-likeness (QED) is 0.649. The van der Waals surface area contributed by atoms with Crippen LogP contribution >= 0.6 is 11.6 Å². The number of nitrogens with two attached hydrogens (primary N) is 1. The number of anilines is 1. The fraction of sp³-hybridized carbons (Fsp3) is 0.176. The minimum absolute atomic E-state index is 0.0412. The molecule has 114 valence electrons. The number of nitrogen functional groups attached to an aromatic ring is 1. The van der Waals surface area contributed by atoms with E-state index in [0.29, 0.717) is 17.7 Å². The van der Waals surface area contributed by atoms with E-state index in [-0.39, 0.29) is 10.8 Å². The van der Waals surface area contributed by atoms with Gasteiger partial charge >= 0.3 is 0 Å². The molecule has 1 aliphatic rings. The van der Waals surface area contributed by atoms with Crippen molar-refractivity contribution >= 4 is 17.3 Å². The van der Waals surface area contributed by atoms with Gasteiger partial charge in [-0.2, -0.15) is 0 Å². The van der Waals surface area contributed by atoms with Gasteiger partial charge in [-0.05, 0) is 43.2 Å². The maximum atomic E-state index is 14.0. The second-order valence-corrected chi connectivity index (χ2v) is 5.66. The first-order valence-electron chi connectivity index (χ1n) is 6.87. The third-order valence-corrected chi connectivity index (χ3v) is 4.03. The zero-order valence-electron chi connectivity index (χ0n) is 11.7. The van der Waals surface area contributed by atoms with Crippen molar-refractivity contribution in [3.05, 3.63) is 70.8 Å². The molecule has 2 aromatic carbocycles. The Morgan fingerprint density at radius 2 is 1.91 bits per heavy atom. The first-order chi connectivity index (χ1) is 10.5. The lowest BCUT2D eigenvalue weighted by atomic mass is 9.92. The molecular weight excluding hydrogens is 308 g/mol. The fourth-order valence-corrected chi connectivity index (χ4v) is 2.71. The monoisotopic (exact) mass is 321 g/mol. The summed E-state index contributed by atoms with van der Waals surface area (Å²) >= 11 is 5.73. The minimum atomic E-state index is -0.900. The third-order valence-electron chi connectivity index (χ3n) is 3.73. The van der Waals surface area contributed by atoms with Gasteiger partial charge in [0.15, 0.2) is 17.2 Å². The van der Waals surface area contributed by atoms with Crippen LogP contribution in [-0.2, 0) is 5.60 Å². The van der Waals surface area contributed by atoms with E-state index >= 15 is 0 Å². The summed E-state index contributed by atoms with van der Waals surface area (Å²) in [5.74, 6) is -0.995. The SMILES string of the molecule is Nc1ccc(OC2(c3ccc(Cl)c(F)c3)C=CCC2)c(F)c1. The molecular formula is C17H14ClF2NO. The Bertz CT molecular complexity index is 747. The molecule has 0 heterocycles. The van der Waals surface area contributed by atoms with E-state index in [1.807, 2.05) is 12.2 Å². The van der Waals surface area contributed by atoms with Crippen LogP contribution in [0.1, 0.15) is 18.4 Å². The van der Waals surface area contributed by atoms with Crippen LogP contribution < -0.4 is 10.5 Å². The first-order valence-corrected chi connectivity index (χ1v) is 7.25. The normalized spacial score (nSPS) is 20.3. The Kier molecular flexibility index (Phi) is 3.79. The van der Waals surface area contributed by atoms with Gasteiger partial charge in [-0.1, -0.05) is 23.7 Å². The molecule has 0 saturated carbocycles. The number of ether oxygens (including phenoxy) is 1. The average molecular weight is 322 g/mol. The van der Waals surface area contributed by atoms with Gasteiger partial charge < -0.3 is 10.5 Å². The Labute approximate surface area is 132 Å². The van der Waals surface area contributed by atoms with Gasteiger partial charge in [-0.3, -0.25) is 0 Å². The molecule has 0 amide bonds. The van der Waals surface area contributed by atoms with Crippen LogP contribution in [0.3, 0.4) is 0 Å². The van der Waals surface area contributed by atoms with Crippen LogP contribution in [0.4, 0.5) is 14.5 Å². The molecule has 5 heteroatoms. The van der Waals surface area contributed by atoms with E-state index in [4.69, 9.17) is 22.1 Å². The molecule has 1 atom stereocenters. The molecule has 0 bridgehead atoms. The molecule has 22 heavy (non-hydrogen) atoms. The Hall–Kier alpha value is -2.07. The number of rotatable bonds is 3. The van der Waals surface area contributed by atoms with Crippen LogP contribution in [-0.4, -0.2) is 0 Å². The highest BCUT2D eigenvalue weighted by Crippen LogP contribution is 2.40. The predicted octanol–water partition coefficient (Wildman–Crippen LogP) is 4.82. The van der Waals surface area contributed by atoms with Crippen molar-refractivity contribution in [1.29, 1.82) is 0 Å². The van der Waals surface area contributed by atoms with Gasteiger partial charge in [0.05, 0.1) is 5.02 Å². The zero-order chi connectivity index (χ0) is 15.7. The molecule has 3 rings (SSSR count). The van der Waals surface area contributed by atoms with Gasteiger partial charge in [-0.15, -0.1) is 0 Å². The van der Waals surface area contributed by atoms with Crippen LogP contribution in [0, 0.1) is 11.6 Å². The summed E-state index contributed by atoms with van der Waals surface area (Å²) in [5, 5.41) is 0.0412. The van der Waals surface area contributed by atoms with Crippen LogP contribution in [0.25, 0.3) is 0 Å². The summed E-state index contributed by atoms with van der Waals surface area (Å²) in [4.78, 5) is 0. The van der Waals surface area contributed by atoms with Crippen LogP contribution in [0.5, 0.6) is 5.75 Å². The average Bonchev–Trinajstić information content (AvgIpc) is 2.95. The largest absolute Gasteiger partial charge is 0.475 e. The molecule has 0 aliphatic heterocycles. The molecule has 0 fully saturated rings. The highest BCUT2D eigenvalue weighted by Gasteiger charge is 2.35. The first kappa shape index (κ1) is 14.9. The van der Waals surface area contributed by atoms with E-state index in [0.717, 1.165) is 6.42 Å². The van der Waals surface area contributed by atoms with Gasteiger partial charge in [-0.25, -0.2) is 8.78 Å². The fourth-order valence-electron chi connectivity index (χ4n) is 2.59. The van der Waals surface area contributed by atoms with E-state index in [9.17, 15) is 8.78 Å². The lowest BCUT2D eigenvalue weighted by Crippen LogP contribution is -2.29. The molecule has 1 unspecified atom stereocenters. The summed E-state index contributed by atoms with van der Waals surface area (Å²) in [6, 6.07) is 8.73. The van der Waals surface area contributed by atoms with Crippen molar-refractivity contribution in [2.45, 2.75) is 18.4 Å². The zero-order valence-corrected chi connectivity index (χ0v) is 12.4. The van der Waals surface area contributed by atoms with Crippen molar-refractivity contribution in [3.8, 4) is 5.75 Å². The van der Waals surface area contributed by atoms with Crippen molar-refractivity contribution < 1.29 is 13.5 Å². The summed E-state index contributed by atoms with van der Waals surface area (Å²) < 4.78 is 33.7. The predicted molar refractivity (Wildman–Crippen MR) is 82.9 cm³/mol. The molecule has 0 radical (unpaired) electrons. The lowest BCUT2D eigenvalue weighted by Gasteiger charge is -2.30. The number of halogens is 3.